The third kappa shape index (κ3) is 1.39. The van der Waals surface area contributed by atoms with Crippen molar-refractivity contribution in [1.29, 1.82) is 0 Å². The van der Waals surface area contributed by atoms with Crippen LogP contribution in [-0.2, 0) is 0 Å². The highest BCUT2D eigenvalue weighted by Crippen LogP contribution is 2.23. The standard InChI is InChI=1S/C7H9NO2/c8-5-10-7-4-2-1-3-6(7)9/h1-4,9H,5,8H2. The largest absolute Gasteiger partial charge is 0.504 e. The molecule has 0 fully saturated rings. The Bertz CT molecular complexity index is 213. The summed E-state index contributed by atoms with van der Waals surface area (Å²) in [7, 11) is 0. The number of para-hydroxylation sites is 2. The molecule has 0 atom stereocenters. The quantitative estimate of drug-likeness (QED) is 0.592. The molecule has 0 saturated heterocycles. The van der Waals surface area contributed by atoms with E-state index in [1.165, 1.54) is 0 Å². The Morgan fingerprint density at radius 3 is 2.70 bits per heavy atom. The van der Waals surface area contributed by atoms with Crippen LogP contribution in [0.2, 0.25) is 0 Å². The van der Waals surface area contributed by atoms with Gasteiger partial charge in [-0.1, -0.05) is 12.1 Å². The monoisotopic (exact) mass is 139 g/mol. The van der Waals surface area contributed by atoms with Crippen LogP contribution in [-0.4, -0.2) is 11.8 Å². The van der Waals surface area contributed by atoms with Gasteiger partial charge in [0.15, 0.2) is 11.5 Å². The molecule has 0 aliphatic carbocycles. The Balaban J connectivity index is 2.81. The minimum atomic E-state index is 0.0809. The fraction of sp³-hybridized carbons (Fsp3) is 0.143. The molecule has 0 radical (unpaired) electrons. The summed E-state index contributed by atoms with van der Waals surface area (Å²) in [4.78, 5) is 0. The Kier molecular flexibility index (Phi) is 2.12. The second-order valence-corrected chi connectivity index (χ2v) is 1.78. The number of hydrogen-bond acceptors (Lipinski definition) is 3. The molecule has 10 heavy (non-hydrogen) atoms. The summed E-state index contributed by atoms with van der Waals surface area (Å²) in [5, 5.41) is 9.06. The van der Waals surface area contributed by atoms with Gasteiger partial charge in [-0.15, -0.1) is 0 Å². The van der Waals surface area contributed by atoms with E-state index in [0.717, 1.165) is 0 Å². The second-order valence-electron chi connectivity index (χ2n) is 1.78. The average Bonchev–Trinajstić information content (AvgIpc) is 1.94. The Labute approximate surface area is 59.0 Å². The first-order valence-electron chi connectivity index (χ1n) is 2.95. The molecule has 0 aliphatic rings. The van der Waals surface area contributed by atoms with Crippen molar-refractivity contribution in [3.8, 4) is 11.5 Å². The molecule has 1 aromatic rings. The van der Waals surface area contributed by atoms with Crippen LogP contribution >= 0.6 is 0 Å². The van der Waals surface area contributed by atoms with E-state index in [0.29, 0.717) is 5.75 Å². The van der Waals surface area contributed by atoms with Crippen LogP contribution < -0.4 is 10.5 Å². The summed E-state index contributed by atoms with van der Waals surface area (Å²) in [5.74, 6) is 0.540. The molecule has 0 unspecified atom stereocenters. The van der Waals surface area contributed by atoms with Crippen molar-refractivity contribution in [3.05, 3.63) is 24.3 Å². The van der Waals surface area contributed by atoms with Crippen LogP contribution in [0.1, 0.15) is 0 Å². The summed E-state index contributed by atoms with van der Waals surface area (Å²) in [5.41, 5.74) is 5.10. The molecule has 3 nitrogen and oxygen atoms in total. The fourth-order valence-corrected chi connectivity index (χ4v) is 0.669. The minimum absolute atomic E-state index is 0.0809. The first-order valence-corrected chi connectivity index (χ1v) is 2.95. The van der Waals surface area contributed by atoms with E-state index in [9.17, 15) is 0 Å². The Hall–Kier alpha value is -1.22. The predicted octanol–water partition coefficient (Wildman–Crippen LogP) is 0.687. The zero-order valence-corrected chi connectivity index (χ0v) is 5.45. The topological polar surface area (TPSA) is 55.5 Å². The molecule has 54 valence electrons. The van der Waals surface area contributed by atoms with Gasteiger partial charge in [-0.3, -0.25) is 5.73 Å². The zero-order valence-electron chi connectivity index (χ0n) is 5.45. The highest BCUT2D eigenvalue weighted by Gasteiger charge is 1.96. The van der Waals surface area contributed by atoms with Crippen LogP contribution in [0.3, 0.4) is 0 Å². The first kappa shape index (κ1) is 6.89. The van der Waals surface area contributed by atoms with Crippen molar-refractivity contribution < 1.29 is 9.84 Å². The highest BCUT2D eigenvalue weighted by molar-refractivity contribution is 5.37. The average molecular weight is 139 g/mol. The van der Waals surface area contributed by atoms with E-state index in [1.807, 2.05) is 0 Å². The summed E-state index contributed by atoms with van der Waals surface area (Å²) in [6.45, 7) is 0.0809. The van der Waals surface area contributed by atoms with Gasteiger partial charge in [0.05, 0.1) is 0 Å². The molecule has 3 heteroatoms. The number of aromatic hydroxyl groups is 1. The van der Waals surface area contributed by atoms with E-state index in [2.05, 4.69) is 0 Å². The van der Waals surface area contributed by atoms with Gasteiger partial charge >= 0.3 is 0 Å². The van der Waals surface area contributed by atoms with Crippen LogP contribution in [0.25, 0.3) is 0 Å². The zero-order chi connectivity index (χ0) is 7.40. The van der Waals surface area contributed by atoms with E-state index < -0.39 is 0 Å². The van der Waals surface area contributed by atoms with Crippen molar-refractivity contribution in [3.63, 3.8) is 0 Å². The third-order valence-corrected chi connectivity index (χ3v) is 1.10. The smallest absolute Gasteiger partial charge is 0.162 e. The molecular formula is C7H9NO2. The molecule has 0 aromatic heterocycles. The van der Waals surface area contributed by atoms with Crippen molar-refractivity contribution in [2.75, 3.05) is 6.73 Å². The second kappa shape index (κ2) is 3.08. The molecule has 0 aliphatic heterocycles. The SMILES string of the molecule is NCOc1ccccc1O. The summed E-state index contributed by atoms with van der Waals surface area (Å²) in [6, 6.07) is 6.69. The minimum Gasteiger partial charge on any atom is -0.504 e. The van der Waals surface area contributed by atoms with E-state index >= 15 is 0 Å². The van der Waals surface area contributed by atoms with Gasteiger partial charge in [-0.2, -0.15) is 0 Å². The van der Waals surface area contributed by atoms with Gasteiger partial charge in [0.1, 0.15) is 6.73 Å². The number of phenolic OH excluding ortho intramolecular Hbond substituents is 1. The molecular weight excluding hydrogens is 130 g/mol. The van der Waals surface area contributed by atoms with Gasteiger partial charge < -0.3 is 9.84 Å². The summed E-state index contributed by atoms with van der Waals surface area (Å²) < 4.78 is 4.86. The van der Waals surface area contributed by atoms with Crippen LogP contribution in [0, 0.1) is 0 Å². The predicted molar refractivity (Wildman–Crippen MR) is 37.8 cm³/mol. The lowest BCUT2D eigenvalue weighted by Crippen LogP contribution is -2.07. The van der Waals surface area contributed by atoms with Crippen molar-refractivity contribution in [1.82, 2.24) is 0 Å². The maximum Gasteiger partial charge on any atom is 0.162 e. The number of ether oxygens (including phenoxy) is 1. The highest BCUT2D eigenvalue weighted by atomic mass is 16.5. The Morgan fingerprint density at radius 2 is 2.10 bits per heavy atom. The van der Waals surface area contributed by atoms with Crippen molar-refractivity contribution in [2.45, 2.75) is 0 Å². The fourth-order valence-electron chi connectivity index (χ4n) is 0.669. The number of nitrogens with two attached hydrogens (primary N) is 1. The van der Waals surface area contributed by atoms with Crippen LogP contribution in [0.4, 0.5) is 0 Å². The molecule has 0 bridgehead atoms. The van der Waals surface area contributed by atoms with Crippen LogP contribution in [0.5, 0.6) is 11.5 Å². The first-order chi connectivity index (χ1) is 4.84. The van der Waals surface area contributed by atoms with Gasteiger partial charge in [0, 0.05) is 0 Å². The number of hydrogen-bond donors (Lipinski definition) is 2. The lowest BCUT2D eigenvalue weighted by molar-refractivity contribution is 0.309. The van der Waals surface area contributed by atoms with E-state index in [4.69, 9.17) is 15.6 Å². The van der Waals surface area contributed by atoms with E-state index in [1.54, 1.807) is 24.3 Å². The summed E-state index contributed by atoms with van der Waals surface area (Å²) in [6.07, 6.45) is 0. The normalized spacial score (nSPS) is 9.30. The van der Waals surface area contributed by atoms with Gasteiger partial charge in [-0.25, -0.2) is 0 Å². The van der Waals surface area contributed by atoms with Gasteiger partial charge in [0.2, 0.25) is 0 Å². The van der Waals surface area contributed by atoms with Gasteiger partial charge in [0.25, 0.3) is 0 Å². The Morgan fingerprint density at radius 1 is 1.40 bits per heavy atom. The van der Waals surface area contributed by atoms with E-state index in [-0.39, 0.29) is 12.5 Å². The van der Waals surface area contributed by atoms with Crippen molar-refractivity contribution >= 4 is 0 Å². The van der Waals surface area contributed by atoms with Crippen molar-refractivity contribution in [2.24, 2.45) is 5.73 Å². The third-order valence-electron chi connectivity index (χ3n) is 1.10. The lowest BCUT2D eigenvalue weighted by Gasteiger charge is -2.02. The molecule has 0 amide bonds. The molecule has 1 aromatic carbocycles. The molecule has 0 heterocycles. The molecule has 0 spiro atoms. The van der Waals surface area contributed by atoms with Gasteiger partial charge in [-0.05, 0) is 12.1 Å². The molecule has 0 saturated carbocycles. The summed E-state index contributed by atoms with van der Waals surface area (Å²) >= 11 is 0. The maximum atomic E-state index is 9.06. The number of phenols is 1. The van der Waals surface area contributed by atoms with Crippen LogP contribution in [0.15, 0.2) is 24.3 Å². The number of benzene rings is 1. The maximum absolute atomic E-state index is 9.06. The number of rotatable bonds is 2. The molecule has 1 rings (SSSR count). The molecule has 3 N–H and O–H groups in total. The lowest BCUT2D eigenvalue weighted by atomic mass is 10.3.